The Morgan fingerprint density at radius 2 is 2.25 bits per heavy atom. The van der Waals surface area contributed by atoms with E-state index >= 15 is 0 Å². The number of aromatic nitrogens is 1. The molecule has 1 fully saturated rings. The van der Waals surface area contributed by atoms with Gasteiger partial charge >= 0.3 is 0 Å². The molecule has 0 aliphatic carbocycles. The fraction of sp³-hybridized carbons (Fsp3) is 0.667. The van der Waals surface area contributed by atoms with Crippen LogP contribution in [0.2, 0.25) is 0 Å². The minimum absolute atomic E-state index is 0.0179. The Balaban J connectivity index is 2.00. The smallest absolute Gasteiger partial charge is 0.250 e. The molecule has 0 saturated carbocycles. The summed E-state index contributed by atoms with van der Waals surface area (Å²) >= 11 is 0. The van der Waals surface area contributed by atoms with Crippen LogP contribution in [-0.2, 0) is 11.3 Å². The lowest BCUT2D eigenvalue weighted by atomic mass is 9.99. The second-order valence-corrected chi connectivity index (χ2v) is 5.64. The summed E-state index contributed by atoms with van der Waals surface area (Å²) in [6.07, 6.45) is 4.16. The predicted molar refractivity (Wildman–Crippen MR) is 81.3 cm³/mol. The number of nitrogens with one attached hydrogen (secondary N) is 1. The molecule has 20 heavy (non-hydrogen) atoms. The largest absolute Gasteiger partial charge is 0.383 e. The van der Waals surface area contributed by atoms with E-state index in [-0.39, 0.29) is 5.56 Å². The quantitative estimate of drug-likeness (QED) is 0.885. The number of pyridine rings is 1. The average Bonchev–Trinajstić information content (AvgIpc) is 2.43. The second kappa shape index (κ2) is 6.90. The van der Waals surface area contributed by atoms with Crippen molar-refractivity contribution in [2.75, 3.05) is 32.6 Å². The van der Waals surface area contributed by atoms with Crippen LogP contribution in [0.15, 0.2) is 23.1 Å². The molecule has 2 unspecified atom stereocenters. The molecule has 2 rings (SSSR count). The standard InChI is InChI=1S/C15H25N3O2/c1-12-10-13(6-7-17(12)2)16-14-4-5-15(19)18(11-14)8-9-20-3/h4-5,11-13,16H,6-10H2,1-3H3. The average molecular weight is 279 g/mol. The fourth-order valence-corrected chi connectivity index (χ4v) is 2.64. The number of methoxy groups -OCH3 is 1. The first-order chi connectivity index (χ1) is 9.60. The van der Waals surface area contributed by atoms with Gasteiger partial charge in [-0.25, -0.2) is 0 Å². The highest BCUT2D eigenvalue weighted by Crippen LogP contribution is 2.19. The van der Waals surface area contributed by atoms with Gasteiger partial charge in [-0.2, -0.15) is 0 Å². The first kappa shape index (κ1) is 15.1. The molecule has 5 nitrogen and oxygen atoms in total. The highest BCUT2D eigenvalue weighted by atomic mass is 16.5. The Morgan fingerprint density at radius 3 is 2.95 bits per heavy atom. The van der Waals surface area contributed by atoms with Crippen LogP contribution in [0, 0.1) is 0 Å². The van der Waals surface area contributed by atoms with E-state index < -0.39 is 0 Å². The summed E-state index contributed by atoms with van der Waals surface area (Å²) in [7, 11) is 3.82. The van der Waals surface area contributed by atoms with Gasteiger partial charge in [0.25, 0.3) is 5.56 Å². The van der Waals surface area contributed by atoms with Gasteiger partial charge in [0, 0.05) is 44.5 Å². The van der Waals surface area contributed by atoms with Gasteiger partial charge in [0.05, 0.1) is 12.3 Å². The van der Waals surface area contributed by atoms with Gasteiger partial charge < -0.3 is 19.5 Å². The number of ether oxygens (including phenoxy) is 1. The molecule has 0 amide bonds. The molecule has 1 aliphatic heterocycles. The van der Waals surface area contributed by atoms with Crippen molar-refractivity contribution in [2.24, 2.45) is 0 Å². The van der Waals surface area contributed by atoms with E-state index in [4.69, 9.17) is 4.74 Å². The lowest BCUT2D eigenvalue weighted by molar-refractivity contribution is 0.186. The maximum absolute atomic E-state index is 11.7. The normalized spacial score (nSPS) is 23.8. The monoisotopic (exact) mass is 279 g/mol. The van der Waals surface area contributed by atoms with Crippen LogP contribution in [0.3, 0.4) is 0 Å². The number of hydrogen-bond donors (Lipinski definition) is 1. The van der Waals surface area contributed by atoms with E-state index in [1.165, 1.54) is 0 Å². The van der Waals surface area contributed by atoms with Gasteiger partial charge in [0.15, 0.2) is 0 Å². The molecule has 112 valence electrons. The topological polar surface area (TPSA) is 46.5 Å². The lowest BCUT2D eigenvalue weighted by Crippen LogP contribution is -2.42. The van der Waals surface area contributed by atoms with E-state index in [0.717, 1.165) is 25.1 Å². The third-order valence-electron chi connectivity index (χ3n) is 4.10. The van der Waals surface area contributed by atoms with Crippen molar-refractivity contribution in [3.05, 3.63) is 28.7 Å². The molecule has 1 saturated heterocycles. The van der Waals surface area contributed by atoms with Crippen molar-refractivity contribution < 1.29 is 4.74 Å². The Morgan fingerprint density at radius 1 is 1.45 bits per heavy atom. The highest BCUT2D eigenvalue weighted by molar-refractivity contribution is 5.41. The predicted octanol–water partition coefficient (Wildman–Crippen LogP) is 1.39. The third kappa shape index (κ3) is 3.84. The van der Waals surface area contributed by atoms with Crippen LogP contribution >= 0.6 is 0 Å². The number of anilines is 1. The molecule has 1 N–H and O–H groups in total. The van der Waals surface area contributed by atoms with E-state index in [2.05, 4.69) is 24.2 Å². The molecule has 2 atom stereocenters. The molecular weight excluding hydrogens is 254 g/mol. The summed E-state index contributed by atoms with van der Waals surface area (Å²) < 4.78 is 6.73. The summed E-state index contributed by atoms with van der Waals surface area (Å²) in [6, 6.07) is 4.57. The summed E-state index contributed by atoms with van der Waals surface area (Å²) in [5.74, 6) is 0. The Labute approximate surface area is 120 Å². The second-order valence-electron chi connectivity index (χ2n) is 5.64. The van der Waals surface area contributed by atoms with Crippen molar-refractivity contribution >= 4 is 5.69 Å². The molecule has 0 bridgehead atoms. The van der Waals surface area contributed by atoms with Gasteiger partial charge in [-0.05, 0) is 32.9 Å². The van der Waals surface area contributed by atoms with Crippen LogP contribution in [0.4, 0.5) is 5.69 Å². The molecular formula is C15H25N3O2. The molecule has 1 aromatic heterocycles. The van der Waals surface area contributed by atoms with E-state index in [9.17, 15) is 4.79 Å². The number of hydrogen-bond acceptors (Lipinski definition) is 4. The summed E-state index contributed by atoms with van der Waals surface area (Å²) in [5, 5.41) is 3.55. The van der Waals surface area contributed by atoms with E-state index in [0.29, 0.717) is 25.2 Å². The zero-order chi connectivity index (χ0) is 14.5. The number of rotatable bonds is 5. The van der Waals surface area contributed by atoms with Gasteiger partial charge in [-0.1, -0.05) is 0 Å². The van der Waals surface area contributed by atoms with Gasteiger partial charge in [0.1, 0.15) is 0 Å². The minimum atomic E-state index is 0.0179. The maximum atomic E-state index is 11.7. The van der Waals surface area contributed by atoms with Crippen molar-refractivity contribution in [3.8, 4) is 0 Å². The number of nitrogens with zero attached hydrogens (tertiary/aromatic N) is 2. The molecule has 2 heterocycles. The Hall–Kier alpha value is -1.33. The SMILES string of the molecule is COCCn1cc(NC2CCN(C)C(C)C2)ccc1=O. The van der Waals surface area contributed by atoms with E-state index in [1.807, 2.05) is 12.3 Å². The Bertz CT molecular complexity index is 486. The van der Waals surface area contributed by atoms with E-state index in [1.54, 1.807) is 17.7 Å². The Kier molecular flexibility index (Phi) is 5.20. The molecule has 1 aromatic rings. The molecule has 1 aliphatic rings. The lowest BCUT2D eigenvalue weighted by Gasteiger charge is -2.35. The molecule has 5 heteroatoms. The summed E-state index contributed by atoms with van der Waals surface area (Å²) in [5.41, 5.74) is 1.03. The molecule has 0 spiro atoms. The first-order valence-electron chi connectivity index (χ1n) is 7.26. The van der Waals surface area contributed by atoms with Crippen molar-refractivity contribution in [1.29, 1.82) is 0 Å². The molecule has 0 radical (unpaired) electrons. The van der Waals surface area contributed by atoms with Crippen LogP contribution in [0.1, 0.15) is 19.8 Å². The number of piperidine rings is 1. The van der Waals surface area contributed by atoms with Crippen molar-refractivity contribution in [1.82, 2.24) is 9.47 Å². The van der Waals surface area contributed by atoms with Crippen LogP contribution in [-0.4, -0.2) is 48.9 Å². The van der Waals surface area contributed by atoms with Crippen molar-refractivity contribution in [3.63, 3.8) is 0 Å². The number of likely N-dealkylation sites (tertiary alicyclic amines) is 1. The third-order valence-corrected chi connectivity index (χ3v) is 4.10. The maximum Gasteiger partial charge on any atom is 0.250 e. The van der Waals surface area contributed by atoms with Crippen LogP contribution < -0.4 is 10.9 Å². The van der Waals surface area contributed by atoms with Crippen molar-refractivity contribution in [2.45, 2.75) is 38.4 Å². The van der Waals surface area contributed by atoms with Crippen LogP contribution in [0.5, 0.6) is 0 Å². The zero-order valence-corrected chi connectivity index (χ0v) is 12.6. The van der Waals surface area contributed by atoms with Crippen LogP contribution in [0.25, 0.3) is 0 Å². The fourth-order valence-electron chi connectivity index (χ4n) is 2.64. The summed E-state index contributed by atoms with van der Waals surface area (Å²) in [4.78, 5) is 14.1. The molecule has 0 aromatic carbocycles. The van der Waals surface area contributed by atoms with Gasteiger partial charge in [0.2, 0.25) is 0 Å². The summed E-state index contributed by atoms with van der Waals surface area (Å²) in [6.45, 7) is 4.51. The van der Waals surface area contributed by atoms with Gasteiger partial charge in [-0.15, -0.1) is 0 Å². The zero-order valence-electron chi connectivity index (χ0n) is 12.6. The van der Waals surface area contributed by atoms with Gasteiger partial charge in [-0.3, -0.25) is 4.79 Å². The first-order valence-corrected chi connectivity index (χ1v) is 7.26. The highest BCUT2D eigenvalue weighted by Gasteiger charge is 2.22. The minimum Gasteiger partial charge on any atom is -0.383 e.